The monoisotopic (exact) mass is 346 g/mol. The quantitative estimate of drug-likeness (QED) is 0.328. The summed E-state index contributed by atoms with van der Waals surface area (Å²) in [6.07, 6.45) is -2.29. The van der Waals surface area contributed by atoms with E-state index < -0.39 is 42.3 Å². The second-order valence-corrected chi connectivity index (χ2v) is 4.48. The molecule has 0 fully saturated rings. The predicted octanol–water partition coefficient (Wildman–Crippen LogP) is -0.452. The van der Waals surface area contributed by atoms with Crippen LogP contribution in [0.4, 0.5) is 0 Å². The molecule has 0 unspecified atom stereocenters. The highest BCUT2D eigenvalue weighted by molar-refractivity contribution is 5.91. The van der Waals surface area contributed by atoms with Crippen molar-refractivity contribution in [3.63, 3.8) is 0 Å². The first-order valence-electron chi connectivity index (χ1n) is 6.03. The molecule has 0 aliphatic rings. The van der Waals surface area contributed by atoms with Gasteiger partial charge in [-0.2, -0.15) is 0 Å². The summed E-state index contributed by atoms with van der Waals surface area (Å²) in [5.74, 6) is -6.82. The maximum atomic E-state index is 10.3. The summed E-state index contributed by atoms with van der Waals surface area (Å²) in [6.45, 7) is 0. The zero-order valence-electron chi connectivity index (χ0n) is 11.9. The molecule has 1 aromatic carbocycles. The maximum Gasteiger partial charge on any atom is 0.339 e. The van der Waals surface area contributed by atoms with Gasteiger partial charge in [0.25, 0.3) is 0 Å². The molecule has 0 saturated heterocycles. The van der Waals surface area contributed by atoms with Crippen molar-refractivity contribution in [2.75, 3.05) is 0 Å². The zero-order chi connectivity index (χ0) is 19.1. The van der Waals surface area contributed by atoms with Crippen molar-refractivity contribution >= 4 is 23.9 Å². The molecule has 11 heteroatoms. The Labute approximate surface area is 133 Å². The first-order valence-corrected chi connectivity index (χ1v) is 6.03. The van der Waals surface area contributed by atoms with E-state index in [4.69, 9.17) is 35.7 Å². The van der Waals surface area contributed by atoms with Gasteiger partial charge in [-0.3, -0.25) is 9.59 Å². The maximum absolute atomic E-state index is 10.3. The van der Waals surface area contributed by atoms with Crippen molar-refractivity contribution in [1.29, 1.82) is 0 Å². The molecule has 1 rings (SSSR count). The molecular formula is C13H14O11. The average molecular weight is 346 g/mol. The average Bonchev–Trinajstić information content (AvgIpc) is 2.40. The van der Waals surface area contributed by atoms with Crippen molar-refractivity contribution < 1.29 is 54.9 Å². The fourth-order valence-corrected chi connectivity index (χ4v) is 1.41. The normalized spacial score (nSPS) is 10.2. The minimum Gasteiger partial charge on any atom is -0.508 e. The number of aliphatic carboxylic acids is 3. The first kappa shape index (κ1) is 20.7. The highest BCUT2D eigenvalue weighted by Gasteiger charge is 2.40. The van der Waals surface area contributed by atoms with Crippen LogP contribution in [0.2, 0.25) is 0 Å². The SMILES string of the molecule is O=C(O)CC(O)(CC(=O)O)C(=O)O.O=C(O)c1cc(O)ccc1O. The smallest absolute Gasteiger partial charge is 0.339 e. The Morgan fingerprint density at radius 2 is 1.33 bits per heavy atom. The number of phenolic OH excluding ortho intramolecular Hbond substituents is 1. The molecule has 7 N–H and O–H groups in total. The number of carboxylic acids is 4. The molecule has 0 aliphatic heterocycles. The number of hydrogen-bond acceptors (Lipinski definition) is 7. The lowest BCUT2D eigenvalue weighted by atomic mass is 9.96. The standard InChI is InChI=1S/C7H6O4.C6H8O7/c8-4-1-2-6(9)5(3-4)7(10)11;7-3(8)1-6(13,5(11)12)2-4(9)10/h1-3,8-9H,(H,10,11);13H,1-2H2,(H,7,8)(H,9,10)(H,11,12). The van der Waals surface area contributed by atoms with Gasteiger partial charge in [0.2, 0.25) is 0 Å². The largest absolute Gasteiger partial charge is 0.508 e. The lowest BCUT2D eigenvalue weighted by molar-refractivity contribution is -0.170. The Bertz CT molecular complexity index is 633. The van der Waals surface area contributed by atoms with Crippen LogP contribution in [0.1, 0.15) is 23.2 Å². The number of aromatic hydroxyl groups is 2. The Balaban J connectivity index is 0.000000446. The van der Waals surface area contributed by atoms with Crippen molar-refractivity contribution in [3.05, 3.63) is 23.8 Å². The van der Waals surface area contributed by atoms with Gasteiger partial charge in [-0.15, -0.1) is 0 Å². The molecule has 0 amide bonds. The molecule has 0 bridgehead atoms. The van der Waals surface area contributed by atoms with Gasteiger partial charge >= 0.3 is 23.9 Å². The lowest BCUT2D eigenvalue weighted by Crippen LogP contribution is -2.42. The van der Waals surface area contributed by atoms with Crippen molar-refractivity contribution in [2.45, 2.75) is 18.4 Å². The Morgan fingerprint density at radius 3 is 1.62 bits per heavy atom. The highest BCUT2D eigenvalue weighted by atomic mass is 16.4. The number of hydrogen-bond donors (Lipinski definition) is 7. The van der Waals surface area contributed by atoms with Gasteiger partial charge in [0, 0.05) is 0 Å². The molecule has 0 spiro atoms. The molecule has 0 heterocycles. The molecule has 0 saturated carbocycles. The van der Waals surface area contributed by atoms with Crippen molar-refractivity contribution in [2.24, 2.45) is 0 Å². The van der Waals surface area contributed by atoms with Crippen LogP contribution >= 0.6 is 0 Å². The van der Waals surface area contributed by atoms with E-state index in [9.17, 15) is 19.2 Å². The molecule has 0 aromatic heterocycles. The molecule has 1 aromatic rings. The van der Waals surface area contributed by atoms with Crippen molar-refractivity contribution in [3.8, 4) is 11.5 Å². The topological polar surface area (TPSA) is 210 Å². The number of rotatable bonds is 6. The summed E-state index contributed by atoms with van der Waals surface area (Å²) in [5, 5.41) is 60.0. The molecule has 132 valence electrons. The van der Waals surface area contributed by atoms with E-state index in [0.29, 0.717) is 0 Å². The second-order valence-electron chi connectivity index (χ2n) is 4.48. The van der Waals surface area contributed by atoms with Gasteiger partial charge in [0.15, 0.2) is 5.60 Å². The van der Waals surface area contributed by atoms with Gasteiger partial charge in [-0.25, -0.2) is 9.59 Å². The number of carbonyl (C=O) groups is 4. The van der Waals surface area contributed by atoms with Crippen LogP contribution in [0.3, 0.4) is 0 Å². The van der Waals surface area contributed by atoms with Crippen molar-refractivity contribution in [1.82, 2.24) is 0 Å². The van der Waals surface area contributed by atoms with Gasteiger partial charge in [0.1, 0.15) is 17.1 Å². The van der Waals surface area contributed by atoms with Crippen LogP contribution in [0.15, 0.2) is 18.2 Å². The number of benzene rings is 1. The second kappa shape index (κ2) is 8.33. The van der Waals surface area contributed by atoms with E-state index in [0.717, 1.165) is 12.1 Å². The van der Waals surface area contributed by atoms with E-state index in [1.165, 1.54) is 6.07 Å². The summed E-state index contributed by atoms with van der Waals surface area (Å²) in [5.41, 5.74) is -3.04. The van der Waals surface area contributed by atoms with Crippen LogP contribution in [0.25, 0.3) is 0 Å². The van der Waals surface area contributed by atoms with Gasteiger partial charge < -0.3 is 35.7 Å². The molecular weight excluding hydrogens is 332 g/mol. The summed E-state index contributed by atoms with van der Waals surface area (Å²) < 4.78 is 0. The van der Waals surface area contributed by atoms with Crippen LogP contribution in [-0.2, 0) is 14.4 Å². The number of carboxylic acid groups (broad SMARTS) is 4. The van der Waals surface area contributed by atoms with E-state index in [1.807, 2.05) is 0 Å². The summed E-state index contributed by atoms with van der Waals surface area (Å²) >= 11 is 0. The van der Waals surface area contributed by atoms with E-state index in [-0.39, 0.29) is 17.1 Å². The van der Waals surface area contributed by atoms with Gasteiger partial charge in [0.05, 0.1) is 12.8 Å². The molecule has 11 nitrogen and oxygen atoms in total. The summed E-state index contributed by atoms with van der Waals surface area (Å²) in [6, 6.07) is 3.32. The minimum atomic E-state index is -2.74. The lowest BCUT2D eigenvalue weighted by Gasteiger charge is -2.18. The summed E-state index contributed by atoms with van der Waals surface area (Å²) in [7, 11) is 0. The fraction of sp³-hybridized carbons (Fsp3) is 0.231. The number of aromatic carboxylic acids is 1. The van der Waals surface area contributed by atoms with Crippen LogP contribution in [0.5, 0.6) is 11.5 Å². The van der Waals surface area contributed by atoms with E-state index in [2.05, 4.69) is 0 Å². The van der Waals surface area contributed by atoms with Crippen LogP contribution in [0, 0.1) is 0 Å². The van der Waals surface area contributed by atoms with E-state index >= 15 is 0 Å². The molecule has 0 aliphatic carbocycles. The molecule has 24 heavy (non-hydrogen) atoms. The third-order valence-corrected chi connectivity index (χ3v) is 2.50. The Kier molecular flexibility index (Phi) is 7.17. The third-order valence-electron chi connectivity index (χ3n) is 2.50. The number of phenols is 2. The van der Waals surface area contributed by atoms with E-state index in [1.54, 1.807) is 0 Å². The Morgan fingerprint density at radius 1 is 0.875 bits per heavy atom. The van der Waals surface area contributed by atoms with Gasteiger partial charge in [-0.1, -0.05) is 0 Å². The number of aliphatic hydroxyl groups is 1. The molecule has 0 atom stereocenters. The highest BCUT2D eigenvalue weighted by Crippen LogP contribution is 2.21. The van der Waals surface area contributed by atoms with Gasteiger partial charge in [-0.05, 0) is 18.2 Å². The van der Waals surface area contributed by atoms with Crippen LogP contribution < -0.4 is 0 Å². The van der Waals surface area contributed by atoms with Crippen LogP contribution in [-0.4, -0.2) is 65.2 Å². The molecule has 0 radical (unpaired) electrons. The summed E-state index contributed by atoms with van der Waals surface area (Å²) in [4.78, 5) is 40.8. The first-order chi connectivity index (χ1) is 10.9. The minimum absolute atomic E-state index is 0.180. The third kappa shape index (κ3) is 6.62. The zero-order valence-corrected chi connectivity index (χ0v) is 11.9. The fourth-order valence-electron chi connectivity index (χ4n) is 1.41. The Hall–Kier alpha value is -3.34. The predicted molar refractivity (Wildman–Crippen MR) is 73.8 cm³/mol.